The summed E-state index contributed by atoms with van der Waals surface area (Å²) >= 11 is 8.67. The maximum absolute atomic E-state index is 13.0. The SMILES string of the molecule is CC(C)c1nnc(NC(=O)Cn2cnc3scc(-c4ccc(Cl)cc4)c3c2=O)s1. The minimum absolute atomic E-state index is 0.158. The maximum Gasteiger partial charge on any atom is 0.263 e. The molecule has 0 saturated heterocycles. The Morgan fingerprint density at radius 3 is 2.69 bits per heavy atom. The molecule has 0 aliphatic heterocycles. The number of halogens is 1. The lowest BCUT2D eigenvalue weighted by molar-refractivity contribution is -0.116. The molecule has 0 spiro atoms. The molecule has 7 nitrogen and oxygen atoms in total. The molecule has 29 heavy (non-hydrogen) atoms. The topological polar surface area (TPSA) is 89.8 Å². The first-order chi connectivity index (χ1) is 13.9. The molecule has 148 valence electrons. The van der Waals surface area contributed by atoms with E-state index in [1.807, 2.05) is 31.4 Å². The molecule has 1 amide bonds. The number of nitrogens with zero attached hydrogens (tertiary/aromatic N) is 4. The van der Waals surface area contributed by atoms with E-state index in [2.05, 4.69) is 20.5 Å². The predicted octanol–water partition coefficient (Wildman–Crippen LogP) is 4.39. The van der Waals surface area contributed by atoms with Crippen molar-refractivity contribution in [2.75, 3.05) is 5.32 Å². The van der Waals surface area contributed by atoms with Gasteiger partial charge in [0.05, 0.1) is 11.7 Å². The average Bonchev–Trinajstić information content (AvgIpc) is 3.32. The van der Waals surface area contributed by atoms with E-state index >= 15 is 0 Å². The van der Waals surface area contributed by atoms with Crippen LogP contribution in [0.25, 0.3) is 21.3 Å². The van der Waals surface area contributed by atoms with Crippen LogP contribution in [0.2, 0.25) is 5.02 Å². The van der Waals surface area contributed by atoms with Crippen molar-refractivity contribution in [3.63, 3.8) is 0 Å². The lowest BCUT2D eigenvalue weighted by Gasteiger charge is -2.06. The van der Waals surface area contributed by atoms with Crippen LogP contribution in [0.1, 0.15) is 24.8 Å². The molecule has 4 rings (SSSR count). The van der Waals surface area contributed by atoms with Gasteiger partial charge < -0.3 is 0 Å². The van der Waals surface area contributed by atoms with E-state index < -0.39 is 0 Å². The molecule has 0 unspecified atom stereocenters. The normalized spacial score (nSPS) is 11.3. The third kappa shape index (κ3) is 4.07. The van der Waals surface area contributed by atoms with Crippen molar-refractivity contribution < 1.29 is 4.79 Å². The number of benzene rings is 1. The van der Waals surface area contributed by atoms with Gasteiger partial charge in [-0.15, -0.1) is 21.5 Å². The van der Waals surface area contributed by atoms with Crippen LogP contribution in [-0.4, -0.2) is 25.7 Å². The summed E-state index contributed by atoms with van der Waals surface area (Å²) in [6.07, 6.45) is 1.39. The Morgan fingerprint density at radius 2 is 2.00 bits per heavy atom. The molecule has 0 aliphatic carbocycles. The highest BCUT2D eigenvalue weighted by Gasteiger charge is 2.16. The minimum Gasteiger partial charge on any atom is -0.299 e. The molecule has 1 aromatic carbocycles. The van der Waals surface area contributed by atoms with Gasteiger partial charge in [0, 0.05) is 21.9 Å². The number of thiophene rings is 1. The molecule has 10 heteroatoms. The third-order valence-corrected chi connectivity index (χ3v) is 6.49. The summed E-state index contributed by atoms with van der Waals surface area (Å²) in [5, 5.41) is 15.0. The molecule has 4 aromatic rings. The van der Waals surface area contributed by atoms with Gasteiger partial charge in [-0.25, -0.2) is 4.98 Å². The van der Waals surface area contributed by atoms with Crippen LogP contribution in [0.3, 0.4) is 0 Å². The van der Waals surface area contributed by atoms with Crippen molar-refractivity contribution in [2.24, 2.45) is 0 Å². The Morgan fingerprint density at radius 1 is 1.24 bits per heavy atom. The summed E-state index contributed by atoms with van der Waals surface area (Å²) in [4.78, 5) is 30.4. The Bertz CT molecular complexity index is 1240. The molecule has 3 aromatic heterocycles. The van der Waals surface area contributed by atoms with Crippen molar-refractivity contribution >= 4 is 55.5 Å². The highest BCUT2D eigenvalue weighted by molar-refractivity contribution is 7.17. The zero-order chi connectivity index (χ0) is 20.5. The lowest BCUT2D eigenvalue weighted by atomic mass is 10.1. The second-order valence-corrected chi connectivity index (χ2v) is 8.97. The third-order valence-electron chi connectivity index (χ3n) is 4.21. The number of aromatic nitrogens is 4. The van der Waals surface area contributed by atoms with Crippen LogP contribution in [0.15, 0.2) is 40.8 Å². The largest absolute Gasteiger partial charge is 0.299 e. The van der Waals surface area contributed by atoms with E-state index in [-0.39, 0.29) is 23.9 Å². The second-order valence-electron chi connectivity index (χ2n) is 6.66. The van der Waals surface area contributed by atoms with Crippen LogP contribution in [0.4, 0.5) is 5.13 Å². The molecule has 3 heterocycles. The Kier molecular flexibility index (Phi) is 5.44. The number of amides is 1. The Balaban J connectivity index is 1.61. The summed E-state index contributed by atoms with van der Waals surface area (Å²) in [5.74, 6) is -0.125. The van der Waals surface area contributed by atoms with Gasteiger partial charge in [-0.05, 0) is 17.7 Å². The van der Waals surface area contributed by atoms with Crippen molar-refractivity contribution in [1.29, 1.82) is 0 Å². The van der Waals surface area contributed by atoms with Crippen molar-refractivity contribution in [3.8, 4) is 11.1 Å². The number of rotatable bonds is 5. The standard InChI is InChI=1S/C19H16ClN5O2S2/c1-10(2)16-23-24-19(29-16)22-14(26)7-25-9-21-17-15(18(25)27)13(8-28-17)11-3-5-12(20)6-4-11/h3-6,8-10H,7H2,1-2H3,(H,22,24,26). The molecule has 0 atom stereocenters. The van der Waals surface area contributed by atoms with Crippen molar-refractivity contribution in [1.82, 2.24) is 19.7 Å². The summed E-state index contributed by atoms with van der Waals surface area (Å²) in [6, 6.07) is 7.26. The van der Waals surface area contributed by atoms with Gasteiger partial charge in [0.1, 0.15) is 16.4 Å². The van der Waals surface area contributed by atoms with E-state index in [4.69, 9.17) is 11.6 Å². The summed E-state index contributed by atoms with van der Waals surface area (Å²) < 4.78 is 1.30. The first-order valence-corrected chi connectivity index (χ1v) is 10.9. The number of hydrogen-bond donors (Lipinski definition) is 1. The van der Waals surface area contributed by atoms with Gasteiger partial charge in [0.15, 0.2) is 0 Å². The van der Waals surface area contributed by atoms with Crippen molar-refractivity contribution in [2.45, 2.75) is 26.3 Å². The van der Waals surface area contributed by atoms with Gasteiger partial charge in [0.2, 0.25) is 11.0 Å². The molecular weight excluding hydrogens is 430 g/mol. The number of fused-ring (bicyclic) bond motifs is 1. The van der Waals surface area contributed by atoms with Crippen molar-refractivity contribution in [3.05, 3.63) is 56.4 Å². The van der Waals surface area contributed by atoms with Crippen LogP contribution in [0.5, 0.6) is 0 Å². The minimum atomic E-state index is -0.358. The van der Waals surface area contributed by atoms with Crippen LogP contribution in [0, 0.1) is 0 Å². The first-order valence-electron chi connectivity index (χ1n) is 8.78. The van der Waals surface area contributed by atoms with E-state index in [0.29, 0.717) is 20.4 Å². The predicted molar refractivity (Wildman–Crippen MR) is 117 cm³/mol. The highest BCUT2D eigenvalue weighted by atomic mass is 35.5. The van der Waals surface area contributed by atoms with Crippen LogP contribution >= 0.6 is 34.3 Å². The smallest absolute Gasteiger partial charge is 0.263 e. The molecule has 0 fully saturated rings. The maximum atomic E-state index is 13.0. The molecule has 1 N–H and O–H groups in total. The van der Waals surface area contributed by atoms with Crippen LogP contribution < -0.4 is 10.9 Å². The molecule has 0 bridgehead atoms. The van der Waals surface area contributed by atoms with E-state index in [1.54, 1.807) is 12.1 Å². The van der Waals surface area contributed by atoms with Gasteiger partial charge in [0.25, 0.3) is 5.56 Å². The zero-order valence-corrected chi connectivity index (χ0v) is 17.9. The molecule has 0 radical (unpaired) electrons. The highest BCUT2D eigenvalue weighted by Crippen LogP contribution is 2.31. The monoisotopic (exact) mass is 445 g/mol. The Hall–Kier alpha value is -2.62. The fourth-order valence-electron chi connectivity index (χ4n) is 2.75. The van der Waals surface area contributed by atoms with Crippen LogP contribution in [-0.2, 0) is 11.3 Å². The summed E-state index contributed by atoms with van der Waals surface area (Å²) in [7, 11) is 0. The lowest BCUT2D eigenvalue weighted by Crippen LogP contribution is -2.27. The van der Waals surface area contributed by atoms with Gasteiger partial charge in [-0.3, -0.25) is 19.5 Å². The van der Waals surface area contributed by atoms with E-state index in [9.17, 15) is 9.59 Å². The average molecular weight is 446 g/mol. The quantitative estimate of drug-likeness (QED) is 0.492. The Labute approximate surface area is 179 Å². The fourth-order valence-corrected chi connectivity index (χ4v) is 4.55. The second kappa shape index (κ2) is 8.02. The molecular formula is C19H16ClN5O2S2. The summed E-state index contributed by atoms with van der Waals surface area (Å²) in [6.45, 7) is 3.85. The summed E-state index contributed by atoms with van der Waals surface area (Å²) in [5.41, 5.74) is 1.38. The zero-order valence-electron chi connectivity index (χ0n) is 15.5. The number of carbonyl (C=O) groups excluding carboxylic acids is 1. The number of hydrogen-bond acceptors (Lipinski definition) is 7. The molecule has 0 aliphatic rings. The van der Waals surface area contributed by atoms with Gasteiger partial charge in [-0.2, -0.15) is 0 Å². The van der Waals surface area contributed by atoms with E-state index in [0.717, 1.165) is 16.1 Å². The number of carbonyl (C=O) groups is 1. The molecule has 0 saturated carbocycles. The van der Waals surface area contributed by atoms with Gasteiger partial charge >= 0.3 is 0 Å². The van der Waals surface area contributed by atoms with Gasteiger partial charge in [-0.1, -0.05) is 48.9 Å². The number of anilines is 1. The van der Waals surface area contributed by atoms with E-state index in [1.165, 1.54) is 33.6 Å². The first kappa shape index (κ1) is 19.7. The fraction of sp³-hybridized carbons (Fsp3) is 0.211. The number of nitrogens with one attached hydrogen (secondary N) is 1.